The van der Waals surface area contributed by atoms with E-state index in [-0.39, 0.29) is 35.5 Å². The standard InChI is InChI=1S/C50H93IN2O7/c1-6-9-12-15-18-19-20-21-22-23-24-25-26-27-30-33-46(54)59-44-50(36-38-51(39-37-50)49(56)52-40-41-53(4)5)45-60-47(55)34-35-48(57-42-31-28-16-13-10-7-2)58-43-32-29-17-14-11-8-3/h18-19,21-22,48H,6-17,20,23-45H2,1-5H3,(H,52,56)/b19-18-,22-21-. The molecule has 1 heterocycles. The van der Waals surface area contributed by atoms with Gasteiger partial charge in [0.25, 0.3) is 0 Å². The van der Waals surface area contributed by atoms with Gasteiger partial charge in [0.1, 0.15) is 0 Å². The topological polar surface area (TPSA) is 103 Å². The number of nitrogens with one attached hydrogen (secondary N) is 1. The maximum absolute atomic E-state index is 13.2. The minimum atomic E-state index is -1.88. The van der Waals surface area contributed by atoms with E-state index in [2.05, 4.69) is 55.3 Å². The van der Waals surface area contributed by atoms with Crippen LogP contribution in [-0.4, -0.2) is 89.5 Å². The Morgan fingerprint density at radius 1 is 0.617 bits per heavy atom. The molecule has 0 saturated carbocycles. The molecule has 1 saturated heterocycles. The number of ether oxygens (including phenoxy) is 4. The molecule has 0 bridgehead atoms. The van der Waals surface area contributed by atoms with Gasteiger partial charge in [0.2, 0.25) is 0 Å². The zero-order valence-electron chi connectivity index (χ0n) is 39.5. The first-order valence-electron chi connectivity index (χ1n) is 24.6. The summed E-state index contributed by atoms with van der Waals surface area (Å²) in [6.45, 7) is 9.89. The normalized spacial score (nSPS) is 14.8. The molecule has 0 aromatic carbocycles. The van der Waals surface area contributed by atoms with Gasteiger partial charge in [-0.05, 0) is 25.7 Å². The van der Waals surface area contributed by atoms with Crippen molar-refractivity contribution in [1.82, 2.24) is 10.2 Å². The molecule has 1 rings (SSSR count). The van der Waals surface area contributed by atoms with E-state index >= 15 is 0 Å². The number of allylic oxidation sites excluding steroid dienone is 4. The number of nitrogens with zero attached hydrogens (tertiary/aromatic N) is 1. The monoisotopic (exact) mass is 961 g/mol. The summed E-state index contributed by atoms with van der Waals surface area (Å²) in [7, 11) is 4.01. The first-order chi connectivity index (χ1) is 29.2. The zero-order valence-corrected chi connectivity index (χ0v) is 41.7. The van der Waals surface area contributed by atoms with Crippen molar-refractivity contribution in [3.63, 3.8) is 0 Å². The molecule has 10 heteroatoms. The average Bonchev–Trinajstić information content (AvgIpc) is 3.24. The summed E-state index contributed by atoms with van der Waals surface area (Å²) in [6, 6.07) is 0. The van der Waals surface area contributed by atoms with Crippen molar-refractivity contribution in [2.75, 3.05) is 62.5 Å². The Morgan fingerprint density at radius 3 is 1.63 bits per heavy atom. The Morgan fingerprint density at radius 2 is 1.08 bits per heavy atom. The zero-order chi connectivity index (χ0) is 43.8. The molecule has 0 atom stereocenters. The van der Waals surface area contributed by atoms with Gasteiger partial charge in [-0.3, -0.25) is 0 Å². The van der Waals surface area contributed by atoms with Gasteiger partial charge in [0.15, 0.2) is 0 Å². The number of carbonyl (C=O) groups is 3. The predicted octanol–water partition coefficient (Wildman–Crippen LogP) is 13.3. The van der Waals surface area contributed by atoms with Crippen molar-refractivity contribution < 1.29 is 33.3 Å². The number of carbonyl (C=O) groups excluding carboxylic acids is 3. The number of hydrogen-bond donors (Lipinski definition) is 1. The van der Waals surface area contributed by atoms with Crippen molar-refractivity contribution in [3.05, 3.63) is 24.3 Å². The van der Waals surface area contributed by atoms with Crippen LogP contribution in [0.2, 0.25) is 0 Å². The first-order valence-corrected chi connectivity index (χ1v) is 28.8. The molecule has 0 aromatic rings. The van der Waals surface area contributed by atoms with E-state index in [4.69, 9.17) is 18.9 Å². The van der Waals surface area contributed by atoms with Gasteiger partial charge in [-0.2, -0.15) is 0 Å². The van der Waals surface area contributed by atoms with Crippen LogP contribution in [0, 0.1) is 5.41 Å². The third kappa shape index (κ3) is 33.1. The van der Waals surface area contributed by atoms with Crippen LogP contribution in [0.4, 0.5) is 4.79 Å². The summed E-state index contributed by atoms with van der Waals surface area (Å²) < 4.78 is 26.1. The number of halogens is 1. The second-order valence-corrected chi connectivity index (χ2v) is 23.1. The quantitative estimate of drug-likeness (QED) is 0.00945. The molecule has 1 amide bonds. The fourth-order valence-corrected chi connectivity index (χ4v) is 13.1. The summed E-state index contributed by atoms with van der Waals surface area (Å²) in [5, 5.41) is 3.15. The summed E-state index contributed by atoms with van der Waals surface area (Å²) >= 11 is -1.88. The predicted molar refractivity (Wildman–Crippen MR) is 260 cm³/mol. The molecule has 1 aliphatic heterocycles. The molecule has 0 radical (unpaired) electrons. The molecule has 0 aromatic heterocycles. The van der Waals surface area contributed by atoms with Gasteiger partial charge in [-0.1, -0.05) is 122 Å². The first kappa shape index (κ1) is 56.5. The number of rotatable bonds is 41. The van der Waals surface area contributed by atoms with Crippen LogP contribution in [0.3, 0.4) is 0 Å². The van der Waals surface area contributed by atoms with E-state index in [1.54, 1.807) is 0 Å². The Hall–Kier alpha value is -1.50. The number of amides is 1. The second-order valence-electron chi connectivity index (χ2n) is 17.4. The number of likely N-dealkylation sites (N-methyl/N-ethyl adjacent to an activating group) is 1. The molecule has 1 N–H and O–H groups in total. The molecule has 0 spiro atoms. The van der Waals surface area contributed by atoms with Crippen molar-refractivity contribution in [1.29, 1.82) is 0 Å². The average molecular weight is 961 g/mol. The SMILES string of the molecule is CCCCC/C=C\C/C=C\CCCCCCCC(=O)OCC1(COC(=O)CCC(OCCCCCCCC)OCCCCCCCC)CCI(C(=O)NCCN(C)C)CC1. The van der Waals surface area contributed by atoms with Crippen LogP contribution < -0.4 is 5.32 Å². The van der Waals surface area contributed by atoms with E-state index < -0.39 is 31.5 Å². The molecule has 352 valence electrons. The van der Waals surface area contributed by atoms with E-state index in [1.165, 1.54) is 89.9 Å². The molecule has 0 aliphatic carbocycles. The van der Waals surface area contributed by atoms with Gasteiger partial charge in [-0.15, -0.1) is 0 Å². The maximum atomic E-state index is 13.2. The van der Waals surface area contributed by atoms with Crippen LogP contribution in [0.25, 0.3) is 0 Å². The molecule has 9 nitrogen and oxygen atoms in total. The van der Waals surface area contributed by atoms with Crippen LogP contribution in [0.5, 0.6) is 0 Å². The fourth-order valence-electron chi connectivity index (χ4n) is 7.16. The Bertz CT molecular complexity index is 1070. The Labute approximate surface area is 376 Å². The van der Waals surface area contributed by atoms with E-state index in [1.807, 2.05) is 14.1 Å². The second kappa shape index (κ2) is 40.3. The summed E-state index contributed by atoms with van der Waals surface area (Å²) in [5.41, 5.74) is -0.455. The molecule has 1 fully saturated rings. The van der Waals surface area contributed by atoms with E-state index in [0.717, 1.165) is 86.0 Å². The number of hydrogen-bond acceptors (Lipinski definition) is 8. The molecule has 60 heavy (non-hydrogen) atoms. The van der Waals surface area contributed by atoms with Crippen LogP contribution in [0.15, 0.2) is 24.3 Å². The molecule has 1 aliphatic rings. The van der Waals surface area contributed by atoms with E-state index in [9.17, 15) is 14.4 Å². The van der Waals surface area contributed by atoms with Crippen molar-refractivity contribution in [2.45, 2.75) is 207 Å². The summed E-state index contributed by atoms with van der Waals surface area (Å²) in [5.74, 6) is -0.453. The van der Waals surface area contributed by atoms with Crippen molar-refractivity contribution >= 4 is 35.7 Å². The third-order valence-electron chi connectivity index (χ3n) is 11.4. The summed E-state index contributed by atoms with van der Waals surface area (Å²) in [4.78, 5) is 41.3. The van der Waals surface area contributed by atoms with Crippen molar-refractivity contribution in [3.8, 4) is 0 Å². The van der Waals surface area contributed by atoms with Crippen LogP contribution in [0.1, 0.15) is 201 Å². The van der Waals surface area contributed by atoms with Crippen LogP contribution >= 0.6 is 19.8 Å². The molecular weight excluding hydrogens is 867 g/mol. The Balaban J connectivity index is 2.61. The van der Waals surface area contributed by atoms with Gasteiger partial charge in [-0.25, -0.2) is 0 Å². The third-order valence-corrected chi connectivity index (χ3v) is 16.8. The molecule has 0 unspecified atom stereocenters. The number of alkyl halides is 2. The number of unbranched alkanes of at least 4 members (excludes halogenated alkanes) is 18. The minimum absolute atomic E-state index is 0.179. The van der Waals surface area contributed by atoms with Gasteiger partial charge < -0.3 is 0 Å². The Kier molecular flexibility index (Phi) is 37.9. The fraction of sp³-hybridized carbons (Fsp3) is 0.860. The van der Waals surface area contributed by atoms with E-state index in [0.29, 0.717) is 32.6 Å². The number of esters is 2. The summed E-state index contributed by atoms with van der Waals surface area (Å²) in [6.07, 6.45) is 38.1. The molecular formula is C50H93IN2O7. The van der Waals surface area contributed by atoms with Crippen LogP contribution in [-0.2, 0) is 28.5 Å². The van der Waals surface area contributed by atoms with Crippen molar-refractivity contribution in [2.24, 2.45) is 5.41 Å². The van der Waals surface area contributed by atoms with Gasteiger partial charge in [0, 0.05) is 0 Å². The van der Waals surface area contributed by atoms with Gasteiger partial charge >= 0.3 is 230 Å². The van der Waals surface area contributed by atoms with Gasteiger partial charge in [0.05, 0.1) is 0 Å².